The molecule has 0 unspecified atom stereocenters. The second-order valence-corrected chi connectivity index (χ2v) is 8.47. The first-order valence-electron chi connectivity index (χ1n) is 4.76. The molecular formula is C10H11F5OSi. The molecule has 0 aromatic heterocycles. The van der Waals surface area contributed by atoms with E-state index in [4.69, 9.17) is 4.43 Å². The van der Waals surface area contributed by atoms with E-state index in [0.29, 0.717) is 0 Å². The lowest BCUT2D eigenvalue weighted by Gasteiger charge is -2.20. The molecule has 96 valence electrons. The average molecular weight is 270 g/mol. The highest BCUT2D eigenvalue weighted by Gasteiger charge is 2.31. The van der Waals surface area contributed by atoms with Gasteiger partial charge in [0, 0.05) is 12.7 Å². The van der Waals surface area contributed by atoms with Crippen molar-refractivity contribution < 1.29 is 26.4 Å². The molecule has 0 heterocycles. The van der Waals surface area contributed by atoms with Gasteiger partial charge in [-0.1, -0.05) is 0 Å². The van der Waals surface area contributed by atoms with Crippen LogP contribution >= 0.6 is 0 Å². The SMILES string of the molecule is CO[Si](C)(C)Cc1c(F)c(F)c(F)c(F)c1F. The van der Waals surface area contributed by atoms with Crippen molar-refractivity contribution >= 4 is 8.32 Å². The molecule has 1 aromatic carbocycles. The van der Waals surface area contributed by atoms with Gasteiger partial charge < -0.3 is 4.43 Å². The number of hydrogen-bond acceptors (Lipinski definition) is 1. The first kappa shape index (κ1) is 14.1. The van der Waals surface area contributed by atoms with E-state index in [2.05, 4.69) is 0 Å². The third kappa shape index (κ3) is 2.66. The summed E-state index contributed by atoms with van der Waals surface area (Å²) in [5, 5.41) is 0. The first-order chi connectivity index (χ1) is 7.71. The van der Waals surface area contributed by atoms with Crippen molar-refractivity contribution in [1.82, 2.24) is 0 Å². The molecule has 0 aliphatic heterocycles. The van der Waals surface area contributed by atoms with Crippen LogP contribution in [0.1, 0.15) is 5.56 Å². The van der Waals surface area contributed by atoms with Gasteiger partial charge >= 0.3 is 0 Å². The summed E-state index contributed by atoms with van der Waals surface area (Å²) in [6, 6.07) is -0.282. The molecule has 0 amide bonds. The van der Waals surface area contributed by atoms with Crippen LogP contribution in [-0.4, -0.2) is 15.4 Å². The van der Waals surface area contributed by atoms with Gasteiger partial charge in [-0.05, 0) is 19.1 Å². The Labute approximate surface area is 96.3 Å². The lowest BCUT2D eigenvalue weighted by Crippen LogP contribution is -2.33. The van der Waals surface area contributed by atoms with E-state index in [-0.39, 0.29) is 6.04 Å². The minimum atomic E-state index is -2.48. The van der Waals surface area contributed by atoms with Crippen molar-refractivity contribution in [1.29, 1.82) is 0 Å². The van der Waals surface area contributed by atoms with Crippen LogP contribution < -0.4 is 0 Å². The van der Waals surface area contributed by atoms with Crippen molar-refractivity contribution in [3.63, 3.8) is 0 Å². The topological polar surface area (TPSA) is 9.23 Å². The summed E-state index contributed by atoms with van der Waals surface area (Å²) in [5.41, 5.74) is -0.806. The quantitative estimate of drug-likeness (QED) is 0.354. The third-order valence-electron chi connectivity index (χ3n) is 2.46. The summed E-state index contributed by atoms with van der Waals surface area (Å²) < 4.78 is 70.2. The fraction of sp³-hybridized carbons (Fsp3) is 0.400. The van der Waals surface area contributed by atoms with Gasteiger partial charge in [-0.2, -0.15) is 0 Å². The van der Waals surface area contributed by atoms with Gasteiger partial charge in [0.05, 0.1) is 0 Å². The standard InChI is InChI=1S/C10H11F5OSi/c1-16-17(2,3)4-5-6(11)8(13)10(15)9(14)7(5)12/h4H2,1-3H3. The van der Waals surface area contributed by atoms with Crippen molar-refractivity contribution in [3.8, 4) is 0 Å². The van der Waals surface area contributed by atoms with Crippen LogP contribution in [0, 0.1) is 29.1 Å². The molecule has 17 heavy (non-hydrogen) atoms. The van der Waals surface area contributed by atoms with E-state index in [1.54, 1.807) is 13.1 Å². The predicted molar refractivity (Wildman–Crippen MR) is 54.4 cm³/mol. The fourth-order valence-electron chi connectivity index (χ4n) is 1.30. The summed E-state index contributed by atoms with van der Waals surface area (Å²) in [6.45, 7) is 3.23. The Morgan fingerprint density at radius 2 is 1.18 bits per heavy atom. The molecule has 1 rings (SSSR count). The zero-order chi connectivity index (χ0) is 13.4. The Morgan fingerprint density at radius 3 is 1.53 bits per heavy atom. The monoisotopic (exact) mass is 270 g/mol. The second-order valence-electron chi connectivity index (χ2n) is 4.19. The molecule has 0 aliphatic rings. The van der Waals surface area contributed by atoms with E-state index in [1.165, 1.54) is 7.11 Å². The summed E-state index contributed by atoms with van der Waals surface area (Å²) in [5.74, 6) is -9.53. The van der Waals surface area contributed by atoms with E-state index < -0.39 is 43.0 Å². The molecule has 0 N–H and O–H groups in total. The predicted octanol–water partition coefficient (Wildman–Crippen LogP) is 3.32. The lowest BCUT2D eigenvalue weighted by molar-refractivity contribution is 0.366. The molecule has 0 bridgehead atoms. The number of rotatable bonds is 3. The summed E-state index contributed by atoms with van der Waals surface area (Å²) in [4.78, 5) is 0. The van der Waals surface area contributed by atoms with Crippen molar-refractivity contribution in [2.75, 3.05) is 7.11 Å². The van der Waals surface area contributed by atoms with Crippen molar-refractivity contribution in [2.45, 2.75) is 19.1 Å². The van der Waals surface area contributed by atoms with Crippen LogP contribution in [0.25, 0.3) is 0 Å². The molecule has 1 nitrogen and oxygen atoms in total. The molecule has 0 saturated heterocycles. The molecule has 0 radical (unpaired) electrons. The van der Waals surface area contributed by atoms with Crippen LogP contribution in [0.15, 0.2) is 0 Å². The number of hydrogen-bond donors (Lipinski definition) is 0. The highest BCUT2D eigenvalue weighted by molar-refractivity contribution is 6.70. The second kappa shape index (κ2) is 4.73. The molecule has 0 aliphatic carbocycles. The van der Waals surface area contributed by atoms with E-state index >= 15 is 0 Å². The lowest BCUT2D eigenvalue weighted by atomic mass is 10.2. The maximum Gasteiger partial charge on any atom is 0.200 e. The van der Waals surface area contributed by atoms with Gasteiger partial charge in [-0.25, -0.2) is 22.0 Å². The van der Waals surface area contributed by atoms with Gasteiger partial charge in [-0.15, -0.1) is 0 Å². The molecule has 7 heteroatoms. The third-order valence-corrected chi connectivity index (χ3v) is 4.77. The Kier molecular flexibility index (Phi) is 3.93. The van der Waals surface area contributed by atoms with Gasteiger partial charge in [0.1, 0.15) is 0 Å². The number of halogens is 5. The Balaban J connectivity index is 3.35. The molecule has 1 aromatic rings. The summed E-state index contributed by atoms with van der Waals surface area (Å²) in [7, 11) is -1.13. The number of benzene rings is 1. The zero-order valence-electron chi connectivity index (χ0n) is 9.51. The maximum absolute atomic E-state index is 13.3. The molecule has 0 fully saturated rings. The summed E-state index contributed by atoms with van der Waals surface area (Å²) >= 11 is 0. The normalized spacial score (nSPS) is 12.0. The van der Waals surface area contributed by atoms with Crippen LogP contribution in [-0.2, 0) is 10.5 Å². The van der Waals surface area contributed by atoms with E-state index in [0.717, 1.165) is 0 Å². The highest BCUT2D eigenvalue weighted by Crippen LogP contribution is 2.25. The molecule has 0 saturated carbocycles. The first-order valence-corrected chi connectivity index (χ1v) is 7.88. The Morgan fingerprint density at radius 1 is 0.824 bits per heavy atom. The van der Waals surface area contributed by atoms with Crippen molar-refractivity contribution in [2.24, 2.45) is 0 Å². The van der Waals surface area contributed by atoms with Crippen LogP contribution in [0.5, 0.6) is 0 Å². The minimum absolute atomic E-state index is 0.282. The minimum Gasteiger partial charge on any atom is -0.420 e. The smallest absolute Gasteiger partial charge is 0.200 e. The van der Waals surface area contributed by atoms with Gasteiger partial charge in [0.2, 0.25) is 5.82 Å². The highest BCUT2D eigenvalue weighted by atomic mass is 28.4. The largest absolute Gasteiger partial charge is 0.420 e. The van der Waals surface area contributed by atoms with Crippen LogP contribution in [0.2, 0.25) is 13.1 Å². The fourth-order valence-corrected chi connectivity index (χ4v) is 2.61. The van der Waals surface area contributed by atoms with Crippen molar-refractivity contribution in [3.05, 3.63) is 34.6 Å². The van der Waals surface area contributed by atoms with E-state index in [9.17, 15) is 22.0 Å². The van der Waals surface area contributed by atoms with Gasteiger partial charge in [0.15, 0.2) is 31.6 Å². The zero-order valence-corrected chi connectivity index (χ0v) is 10.5. The summed E-state index contributed by atoms with van der Waals surface area (Å²) in [6.07, 6.45) is 0. The molecule has 0 atom stereocenters. The van der Waals surface area contributed by atoms with Gasteiger partial charge in [0.25, 0.3) is 0 Å². The molecular weight excluding hydrogens is 259 g/mol. The Bertz CT molecular complexity index is 418. The molecule has 0 spiro atoms. The average Bonchev–Trinajstić information content (AvgIpc) is 2.30. The Hall–Kier alpha value is -0.953. The van der Waals surface area contributed by atoms with E-state index in [1.807, 2.05) is 0 Å². The van der Waals surface area contributed by atoms with Gasteiger partial charge in [-0.3, -0.25) is 0 Å². The van der Waals surface area contributed by atoms with Crippen LogP contribution in [0.3, 0.4) is 0 Å². The maximum atomic E-state index is 13.3. The van der Waals surface area contributed by atoms with Crippen LogP contribution in [0.4, 0.5) is 22.0 Å².